The van der Waals surface area contributed by atoms with Gasteiger partial charge < -0.3 is 10.5 Å². The van der Waals surface area contributed by atoms with Crippen LogP contribution < -0.4 is 10.6 Å². The first-order valence-electron chi connectivity index (χ1n) is 5.84. The maximum Gasteiger partial charge on any atom is 0.315 e. The van der Waals surface area contributed by atoms with E-state index in [2.05, 4.69) is 4.74 Å². The van der Waals surface area contributed by atoms with Crippen LogP contribution in [-0.4, -0.2) is 24.9 Å². The molecule has 1 aromatic rings. The van der Waals surface area contributed by atoms with Crippen LogP contribution in [0.3, 0.4) is 0 Å². The molecule has 1 aliphatic rings. The van der Waals surface area contributed by atoms with Crippen molar-refractivity contribution < 1.29 is 19.1 Å². The van der Waals surface area contributed by atoms with E-state index in [1.807, 2.05) is 0 Å². The molecule has 0 aromatic heterocycles. The second-order valence-electron chi connectivity index (χ2n) is 4.26. The Balaban J connectivity index is 2.32. The van der Waals surface area contributed by atoms with Crippen molar-refractivity contribution in [3.05, 3.63) is 23.8 Å². The topological polar surface area (TPSA) is 89.7 Å². The molecular weight excluding hydrogens is 248 g/mol. The van der Waals surface area contributed by atoms with Crippen molar-refractivity contribution in [1.82, 2.24) is 0 Å². The summed E-state index contributed by atoms with van der Waals surface area (Å²) in [5, 5.41) is 0. The zero-order chi connectivity index (χ0) is 14.0. The highest BCUT2D eigenvalue weighted by Gasteiger charge is 2.30. The minimum Gasteiger partial charge on any atom is -0.469 e. The number of ether oxygens (including phenoxy) is 1. The van der Waals surface area contributed by atoms with Crippen molar-refractivity contribution in [1.29, 1.82) is 0 Å². The lowest BCUT2D eigenvalue weighted by atomic mass is 10.00. The predicted molar refractivity (Wildman–Crippen MR) is 68.3 cm³/mol. The minimum atomic E-state index is -0.666. The molecule has 0 aliphatic carbocycles. The Kier molecular flexibility index (Phi) is 3.50. The van der Waals surface area contributed by atoms with E-state index in [1.165, 1.54) is 7.11 Å². The molecule has 0 bridgehead atoms. The van der Waals surface area contributed by atoms with Gasteiger partial charge in [-0.1, -0.05) is 0 Å². The lowest BCUT2D eigenvalue weighted by molar-refractivity contribution is -0.143. The normalized spacial score (nSPS) is 13.9. The molecule has 6 heteroatoms. The number of imide groups is 1. The van der Waals surface area contributed by atoms with Gasteiger partial charge in [-0.05, 0) is 30.2 Å². The lowest BCUT2D eigenvalue weighted by Crippen LogP contribution is -2.41. The standard InChI is InChI=1S/C13H14N2O4/c1-19-13(18)7-12(17)15-10-4-3-9(14)6-8(10)2-5-11(15)16/h3-4,6H,2,5,7,14H2,1H3. The SMILES string of the molecule is COC(=O)CC(=O)N1C(=O)CCc2cc(N)ccc21. The number of carbonyl (C=O) groups is 3. The molecule has 19 heavy (non-hydrogen) atoms. The molecule has 0 radical (unpaired) electrons. The summed E-state index contributed by atoms with van der Waals surface area (Å²) in [4.78, 5) is 36.0. The summed E-state index contributed by atoms with van der Waals surface area (Å²) in [5.74, 6) is -1.56. The summed E-state index contributed by atoms with van der Waals surface area (Å²) >= 11 is 0. The molecule has 2 amide bonds. The molecule has 0 fully saturated rings. The summed E-state index contributed by atoms with van der Waals surface area (Å²) in [7, 11) is 1.20. The van der Waals surface area contributed by atoms with Crippen molar-refractivity contribution in [2.75, 3.05) is 17.7 Å². The number of anilines is 2. The molecule has 100 valence electrons. The van der Waals surface area contributed by atoms with Crippen molar-refractivity contribution in [2.45, 2.75) is 19.3 Å². The largest absolute Gasteiger partial charge is 0.469 e. The van der Waals surface area contributed by atoms with E-state index < -0.39 is 18.3 Å². The number of methoxy groups -OCH3 is 1. The van der Waals surface area contributed by atoms with Crippen LogP contribution in [0.2, 0.25) is 0 Å². The zero-order valence-corrected chi connectivity index (χ0v) is 10.5. The van der Waals surface area contributed by atoms with E-state index in [1.54, 1.807) is 18.2 Å². The number of benzene rings is 1. The maximum atomic E-state index is 12.0. The predicted octanol–water partition coefficient (Wildman–Crippen LogP) is 0.638. The van der Waals surface area contributed by atoms with Gasteiger partial charge in [0.1, 0.15) is 6.42 Å². The number of nitrogens with zero attached hydrogens (tertiary/aromatic N) is 1. The molecule has 0 atom stereocenters. The number of aryl methyl sites for hydroxylation is 1. The quantitative estimate of drug-likeness (QED) is 0.480. The Morgan fingerprint density at radius 3 is 2.79 bits per heavy atom. The van der Waals surface area contributed by atoms with Crippen LogP contribution in [-0.2, 0) is 25.5 Å². The van der Waals surface area contributed by atoms with E-state index in [4.69, 9.17) is 5.73 Å². The van der Waals surface area contributed by atoms with Gasteiger partial charge in [-0.15, -0.1) is 0 Å². The molecule has 1 aliphatic heterocycles. The van der Waals surface area contributed by atoms with Gasteiger partial charge >= 0.3 is 5.97 Å². The molecule has 0 saturated carbocycles. The average molecular weight is 262 g/mol. The highest BCUT2D eigenvalue weighted by Crippen LogP contribution is 2.30. The number of esters is 1. The van der Waals surface area contributed by atoms with E-state index in [9.17, 15) is 14.4 Å². The highest BCUT2D eigenvalue weighted by molar-refractivity contribution is 6.19. The Morgan fingerprint density at radius 2 is 2.11 bits per heavy atom. The Morgan fingerprint density at radius 1 is 1.37 bits per heavy atom. The van der Waals surface area contributed by atoms with Gasteiger partial charge in [0.25, 0.3) is 0 Å². The van der Waals surface area contributed by atoms with Crippen LogP contribution in [0.15, 0.2) is 18.2 Å². The molecule has 0 saturated heterocycles. The number of fused-ring (bicyclic) bond motifs is 1. The third kappa shape index (κ3) is 2.57. The first kappa shape index (κ1) is 13.1. The monoisotopic (exact) mass is 262 g/mol. The molecule has 2 rings (SSSR count). The van der Waals surface area contributed by atoms with Crippen molar-refractivity contribution >= 4 is 29.2 Å². The first-order valence-corrected chi connectivity index (χ1v) is 5.84. The summed E-state index contributed by atoms with van der Waals surface area (Å²) < 4.78 is 4.44. The summed E-state index contributed by atoms with van der Waals surface area (Å²) in [6, 6.07) is 4.98. The fourth-order valence-corrected chi connectivity index (χ4v) is 2.06. The van der Waals surface area contributed by atoms with Gasteiger partial charge in [-0.2, -0.15) is 0 Å². The number of hydrogen-bond donors (Lipinski definition) is 1. The highest BCUT2D eigenvalue weighted by atomic mass is 16.5. The Bertz CT molecular complexity index is 554. The number of nitrogens with two attached hydrogens (primary N) is 1. The second kappa shape index (κ2) is 5.09. The lowest BCUT2D eigenvalue weighted by Gasteiger charge is -2.27. The summed E-state index contributed by atoms with van der Waals surface area (Å²) in [6.07, 6.45) is 0.316. The number of carbonyl (C=O) groups excluding carboxylic acids is 3. The van der Waals surface area contributed by atoms with Gasteiger partial charge in [0.2, 0.25) is 11.8 Å². The molecule has 1 aromatic carbocycles. The molecular formula is C13H14N2O4. The maximum absolute atomic E-state index is 12.0. The van der Waals surface area contributed by atoms with E-state index in [-0.39, 0.29) is 12.3 Å². The van der Waals surface area contributed by atoms with Crippen LogP contribution >= 0.6 is 0 Å². The fraction of sp³-hybridized carbons (Fsp3) is 0.308. The molecule has 6 nitrogen and oxygen atoms in total. The van der Waals surface area contributed by atoms with E-state index >= 15 is 0 Å². The Labute approximate surface area is 110 Å². The summed E-state index contributed by atoms with van der Waals surface area (Å²) in [5.41, 5.74) is 7.59. The van der Waals surface area contributed by atoms with Gasteiger partial charge in [-0.3, -0.25) is 14.4 Å². The van der Waals surface area contributed by atoms with E-state index in [0.29, 0.717) is 17.8 Å². The van der Waals surface area contributed by atoms with Crippen LogP contribution in [0.4, 0.5) is 11.4 Å². The van der Waals surface area contributed by atoms with Crippen LogP contribution in [0.1, 0.15) is 18.4 Å². The third-order valence-electron chi connectivity index (χ3n) is 2.97. The fourth-order valence-electron chi connectivity index (χ4n) is 2.06. The third-order valence-corrected chi connectivity index (χ3v) is 2.97. The van der Waals surface area contributed by atoms with Crippen molar-refractivity contribution in [3.8, 4) is 0 Å². The molecule has 2 N–H and O–H groups in total. The molecule has 0 unspecified atom stereocenters. The van der Waals surface area contributed by atoms with E-state index in [0.717, 1.165) is 10.5 Å². The van der Waals surface area contributed by atoms with Crippen LogP contribution in [0.25, 0.3) is 0 Å². The molecule has 1 heterocycles. The number of nitrogen functional groups attached to an aromatic ring is 1. The van der Waals surface area contributed by atoms with Gasteiger partial charge in [0.05, 0.1) is 12.8 Å². The van der Waals surface area contributed by atoms with Crippen LogP contribution in [0.5, 0.6) is 0 Å². The van der Waals surface area contributed by atoms with Crippen LogP contribution in [0, 0.1) is 0 Å². The molecule has 0 spiro atoms. The minimum absolute atomic E-state index is 0.226. The van der Waals surface area contributed by atoms with Gasteiger partial charge in [-0.25, -0.2) is 4.90 Å². The Hall–Kier alpha value is -2.37. The van der Waals surface area contributed by atoms with Gasteiger partial charge in [0.15, 0.2) is 0 Å². The second-order valence-corrected chi connectivity index (χ2v) is 4.26. The van der Waals surface area contributed by atoms with Gasteiger partial charge in [0, 0.05) is 12.1 Å². The number of rotatable bonds is 2. The number of hydrogen-bond acceptors (Lipinski definition) is 5. The average Bonchev–Trinajstić information content (AvgIpc) is 2.38. The zero-order valence-electron chi connectivity index (χ0n) is 10.5. The smallest absolute Gasteiger partial charge is 0.315 e. The first-order chi connectivity index (χ1) is 9.02. The van der Waals surface area contributed by atoms with Crippen molar-refractivity contribution in [2.24, 2.45) is 0 Å². The number of amides is 2. The summed E-state index contributed by atoms with van der Waals surface area (Å²) in [6.45, 7) is 0. The van der Waals surface area contributed by atoms with Crippen molar-refractivity contribution in [3.63, 3.8) is 0 Å².